The molecule has 2 aliphatic heterocycles. The molecule has 3 fully saturated rings. The molecule has 1 unspecified atom stereocenters. The van der Waals surface area contributed by atoms with Crippen LogP contribution in [0.4, 0.5) is 14.5 Å². The van der Waals surface area contributed by atoms with E-state index in [-0.39, 0.29) is 17.0 Å². The second-order valence-corrected chi connectivity index (χ2v) is 9.21. The van der Waals surface area contributed by atoms with Crippen LogP contribution in [0, 0.1) is 11.3 Å². The number of primary amides is 1. The summed E-state index contributed by atoms with van der Waals surface area (Å²) in [5.41, 5.74) is 5.85. The van der Waals surface area contributed by atoms with Crippen LogP contribution in [0.2, 0.25) is 0 Å². The van der Waals surface area contributed by atoms with Gasteiger partial charge >= 0.3 is 0 Å². The van der Waals surface area contributed by atoms with Crippen molar-refractivity contribution in [2.45, 2.75) is 45.1 Å². The fourth-order valence-corrected chi connectivity index (χ4v) is 3.95. The highest BCUT2D eigenvalue weighted by atomic mass is 19.3. The predicted molar refractivity (Wildman–Crippen MR) is 102 cm³/mol. The van der Waals surface area contributed by atoms with Crippen molar-refractivity contribution >= 4 is 17.5 Å². The van der Waals surface area contributed by atoms with Gasteiger partial charge in [0.05, 0.1) is 19.7 Å². The molecule has 1 aliphatic carbocycles. The standard InChI is InChI=1S/C20H26F2N4O3/c1-19(2)7-15(16(23)27)26(9-19)18(28)13-5-6-14(25-10-20(21,22)11-25)17(24-13)29-8-12-3-4-12/h5-6,12,15H,3-4,7-11H2,1-2H3,(H2,23,27). The van der Waals surface area contributed by atoms with Gasteiger partial charge in [-0.3, -0.25) is 9.59 Å². The molecule has 1 aromatic heterocycles. The highest BCUT2D eigenvalue weighted by Gasteiger charge is 2.46. The average Bonchev–Trinajstić information content (AvgIpc) is 3.38. The predicted octanol–water partition coefficient (Wildman–Crippen LogP) is 2.05. The number of nitrogens with zero attached hydrogens (tertiary/aromatic N) is 3. The molecule has 0 aromatic carbocycles. The number of alkyl halides is 2. The van der Waals surface area contributed by atoms with Crippen LogP contribution in [0.3, 0.4) is 0 Å². The number of rotatable bonds is 6. The van der Waals surface area contributed by atoms with Crippen LogP contribution in [-0.2, 0) is 4.79 Å². The first-order valence-corrected chi connectivity index (χ1v) is 9.92. The molecule has 1 aromatic rings. The lowest BCUT2D eigenvalue weighted by Gasteiger charge is -2.40. The Morgan fingerprint density at radius 2 is 1.93 bits per heavy atom. The van der Waals surface area contributed by atoms with Gasteiger partial charge < -0.3 is 20.3 Å². The lowest BCUT2D eigenvalue weighted by molar-refractivity contribution is -0.121. The van der Waals surface area contributed by atoms with Gasteiger partial charge in [0.25, 0.3) is 11.8 Å². The highest BCUT2D eigenvalue weighted by molar-refractivity contribution is 5.96. The number of aromatic nitrogens is 1. The number of hydrogen-bond acceptors (Lipinski definition) is 5. The van der Waals surface area contributed by atoms with Crippen molar-refractivity contribution in [2.75, 3.05) is 31.1 Å². The molecule has 0 spiro atoms. The molecule has 9 heteroatoms. The number of pyridine rings is 1. The number of carbonyl (C=O) groups is 2. The number of ether oxygens (including phenoxy) is 1. The van der Waals surface area contributed by atoms with E-state index in [1.165, 1.54) is 15.9 Å². The summed E-state index contributed by atoms with van der Waals surface area (Å²) in [6.07, 6.45) is 2.62. The zero-order valence-corrected chi connectivity index (χ0v) is 16.7. The normalized spacial score (nSPS) is 24.9. The number of likely N-dealkylation sites (tertiary alicyclic amines) is 1. The Kier molecular flexibility index (Phi) is 4.66. The molecule has 2 N–H and O–H groups in total. The molecule has 2 amide bonds. The summed E-state index contributed by atoms with van der Waals surface area (Å²) in [5, 5.41) is 0. The maximum absolute atomic E-state index is 13.3. The van der Waals surface area contributed by atoms with E-state index in [9.17, 15) is 18.4 Å². The molecular weight excluding hydrogens is 382 g/mol. The van der Waals surface area contributed by atoms with Crippen molar-refractivity contribution in [3.8, 4) is 5.88 Å². The molecule has 3 aliphatic rings. The van der Waals surface area contributed by atoms with Crippen LogP contribution in [0.5, 0.6) is 5.88 Å². The van der Waals surface area contributed by atoms with Crippen LogP contribution >= 0.6 is 0 Å². The maximum Gasteiger partial charge on any atom is 0.282 e. The van der Waals surface area contributed by atoms with Gasteiger partial charge in [0.2, 0.25) is 11.8 Å². The third kappa shape index (κ3) is 4.13. The first-order chi connectivity index (χ1) is 13.5. The van der Waals surface area contributed by atoms with Crippen molar-refractivity contribution < 1.29 is 23.1 Å². The summed E-state index contributed by atoms with van der Waals surface area (Å²) in [6, 6.07) is 2.41. The Bertz CT molecular complexity index is 833. The first-order valence-electron chi connectivity index (χ1n) is 9.92. The van der Waals surface area contributed by atoms with E-state index in [1.54, 1.807) is 6.07 Å². The molecule has 158 valence electrons. The number of halogens is 2. The Morgan fingerprint density at radius 3 is 2.52 bits per heavy atom. The van der Waals surface area contributed by atoms with Crippen LogP contribution in [0.15, 0.2) is 12.1 Å². The number of anilines is 1. The molecule has 1 atom stereocenters. The summed E-state index contributed by atoms with van der Waals surface area (Å²) in [4.78, 5) is 32.2. The minimum Gasteiger partial charge on any atom is -0.476 e. The van der Waals surface area contributed by atoms with Crippen LogP contribution < -0.4 is 15.4 Å². The van der Waals surface area contributed by atoms with Gasteiger partial charge in [-0.05, 0) is 42.7 Å². The van der Waals surface area contributed by atoms with E-state index in [1.807, 2.05) is 13.8 Å². The second kappa shape index (κ2) is 6.81. The maximum atomic E-state index is 13.3. The fourth-order valence-electron chi connectivity index (χ4n) is 3.95. The summed E-state index contributed by atoms with van der Waals surface area (Å²) in [7, 11) is 0. The summed E-state index contributed by atoms with van der Waals surface area (Å²) in [6.45, 7) is 3.99. The first kappa shape index (κ1) is 19.8. The largest absolute Gasteiger partial charge is 0.476 e. The molecule has 7 nitrogen and oxygen atoms in total. The van der Waals surface area contributed by atoms with Crippen LogP contribution in [-0.4, -0.2) is 59.9 Å². The smallest absolute Gasteiger partial charge is 0.282 e. The SMILES string of the molecule is CC1(C)CC(C(N)=O)N(C(=O)c2ccc(N3CC(F)(F)C3)c(OCC3CC3)n2)C1. The van der Waals surface area contributed by atoms with Crippen molar-refractivity contribution in [3.05, 3.63) is 17.8 Å². The minimum atomic E-state index is -2.72. The third-order valence-electron chi connectivity index (χ3n) is 5.71. The third-order valence-corrected chi connectivity index (χ3v) is 5.71. The topological polar surface area (TPSA) is 88.8 Å². The van der Waals surface area contributed by atoms with Gasteiger partial charge in [-0.1, -0.05) is 13.8 Å². The van der Waals surface area contributed by atoms with Crippen molar-refractivity contribution in [2.24, 2.45) is 17.1 Å². The number of hydrogen-bond donors (Lipinski definition) is 1. The summed E-state index contributed by atoms with van der Waals surface area (Å²) >= 11 is 0. The highest BCUT2D eigenvalue weighted by Crippen LogP contribution is 2.39. The molecule has 0 bridgehead atoms. The van der Waals surface area contributed by atoms with E-state index >= 15 is 0 Å². The van der Waals surface area contributed by atoms with Crippen molar-refractivity contribution in [1.82, 2.24) is 9.88 Å². The molecule has 3 heterocycles. The zero-order valence-electron chi connectivity index (χ0n) is 16.7. The van der Waals surface area contributed by atoms with Crippen molar-refractivity contribution in [1.29, 1.82) is 0 Å². The number of amides is 2. The van der Waals surface area contributed by atoms with E-state index in [0.29, 0.717) is 31.2 Å². The molecule has 0 radical (unpaired) electrons. The minimum absolute atomic E-state index is 0.121. The lowest BCUT2D eigenvalue weighted by Crippen LogP contribution is -2.56. The fraction of sp³-hybridized carbons (Fsp3) is 0.650. The zero-order chi connectivity index (χ0) is 21.0. The van der Waals surface area contributed by atoms with E-state index in [0.717, 1.165) is 12.8 Å². The monoisotopic (exact) mass is 408 g/mol. The quantitative estimate of drug-likeness (QED) is 0.778. The average molecular weight is 408 g/mol. The van der Waals surface area contributed by atoms with Crippen LogP contribution in [0.1, 0.15) is 43.6 Å². The Balaban J connectivity index is 1.58. The van der Waals surface area contributed by atoms with E-state index in [2.05, 4.69) is 4.98 Å². The van der Waals surface area contributed by atoms with E-state index in [4.69, 9.17) is 10.5 Å². The Hall–Kier alpha value is -2.45. The second-order valence-electron chi connectivity index (χ2n) is 9.21. The molecule has 4 rings (SSSR count). The molecule has 29 heavy (non-hydrogen) atoms. The molecular formula is C20H26F2N4O3. The Labute approximate surface area is 168 Å². The molecule has 2 saturated heterocycles. The van der Waals surface area contributed by atoms with Gasteiger partial charge in [-0.25, -0.2) is 13.8 Å². The van der Waals surface area contributed by atoms with Gasteiger partial charge in [-0.15, -0.1) is 0 Å². The van der Waals surface area contributed by atoms with Crippen molar-refractivity contribution in [3.63, 3.8) is 0 Å². The van der Waals surface area contributed by atoms with Crippen LogP contribution in [0.25, 0.3) is 0 Å². The Morgan fingerprint density at radius 1 is 1.24 bits per heavy atom. The van der Waals surface area contributed by atoms with Gasteiger partial charge in [0, 0.05) is 6.54 Å². The van der Waals surface area contributed by atoms with Gasteiger partial charge in [0.15, 0.2) is 0 Å². The number of carbonyl (C=O) groups excluding carboxylic acids is 2. The van der Waals surface area contributed by atoms with Gasteiger partial charge in [-0.2, -0.15) is 0 Å². The van der Waals surface area contributed by atoms with E-state index < -0.39 is 36.9 Å². The summed E-state index contributed by atoms with van der Waals surface area (Å²) in [5.74, 6) is -3.05. The lowest BCUT2D eigenvalue weighted by atomic mass is 9.90. The summed E-state index contributed by atoms with van der Waals surface area (Å²) < 4.78 is 32.4. The number of nitrogens with two attached hydrogens (primary N) is 1. The molecule has 1 saturated carbocycles. The van der Waals surface area contributed by atoms with Gasteiger partial charge in [0.1, 0.15) is 17.4 Å².